The molecule has 0 rings (SSSR count). The van der Waals surface area contributed by atoms with E-state index in [4.69, 9.17) is 10.8 Å². The van der Waals surface area contributed by atoms with Crippen LogP contribution in [0.5, 0.6) is 0 Å². The Morgan fingerprint density at radius 1 is 1.54 bits per heavy atom. The van der Waals surface area contributed by atoms with Crippen LogP contribution in [0.25, 0.3) is 0 Å². The number of carbonyl (C=O) groups is 1. The van der Waals surface area contributed by atoms with Crippen molar-refractivity contribution in [2.24, 2.45) is 5.73 Å². The Morgan fingerprint density at radius 3 is 2.46 bits per heavy atom. The van der Waals surface area contributed by atoms with Crippen molar-refractivity contribution in [3.05, 3.63) is 0 Å². The molecule has 0 spiro atoms. The molecule has 0 bridgehead atoms. The van der Waals surface area contributed by atoms with Gasteiger partial charge in [0.2, 0.25) is 0 Å². The maximum atomic E-state index is 11.0. The average molecular weight is 209 g/mol. The minimum atomic E-state index is -2.99. The van der Waals surface area contributed by atoms with Crippen LogP contribution in [0.3, 0.4) is 0 Å². The molecule has 0 saturated heterocycles. The third kappa shape index (κ3) is 5.59. The van der Waals surface area contributed by atoms with Gasteiger partial charge >= 0.3 is 5.97 Å². The number of hydrogen-bond donors (Lipinski definition) is 2. The Bertz CT molecular complexity index is 260. The maximum absolute atomic E-state index is 11.0. The van der Waals surface area contributed by atoms with Gasteiger partial charge in [-0.15, -0.1) is 0 Å². The lowest BCUT2D eigenvalue weighted by Crippen LogP contribution is -2.30. The van der Waals surface area contributed by atoms with Crippen LogP contribution < -0.4 is 5.73 Å². The van der Waals surface area contributed by atoms with Crippen LogP contribution in [0, 0.1) is 0 Å². The molecule has 0 aromatic rings. The van der Waals surface area contributed by atoms with Crippen LogP contribution in [-0.2, 0) is 14.6 Å². The molecule has 0 amide bonds. The molecule has 3 N–H and O–H groups in total. The number of carboxylic acid groups (broad SMARTS) is 1. The van der Waals surface area contributed by atoms with Gasteiger partial charge in [-0.05, 0) is 12.8 Å². The molecule has 1 atom stereocenters. The number of rotatable bonds is 6. The Morgan fingerprint density at radius 2 is 2.08 bits per heavy atom. The van der Waals surface area contributed by atoms with E-state index in [-0.39, 0.29) is 17.9 Å². The number of aliphatic carboxylic acids is 1. The average Bonchev–Trinajstić information content (AvgIpc) is 2.04. The van der Waals surface area contributed by atoms with Gasteiger partial charge < -0.3 is 10.8 Å². The van der Waals surface area contributed by atoms with Gasteiger partial charge in [0.05, 0.1) is 5.75 Å². The van der Waals surface area contributed by atoms with Crippen LogP contribution >= 0.6 is 0 Å². The highest BCUT2D eigenvalue weighted by molar-refractivity contribution is 7.91. The highest BCUT2D eigenvalue weighted by Gasteiger charge is 2.13. The topological polar surface area (TPSA) is 97.5 Å². The van der Waals surface area contributed by atoms with E-state index < -0.39 is 21.8 Å². The van der Waals surface area contributed by atoms with E-state index >= 15 is 0 Å². The molecule has 0 unspecified atom stereocenters. The third-order valence-electron chi connectivity index (χ3n) is 1.73. The summed E-state index contributed by atoms with van der Waals surface area (Å²) in [6.07, 6.45) is 0.512. The first-order valence-corrected chi connectivity index (χ1v) is 5.90. The highest BCUT2D eigenvalue weighted by Crippen LogP contribution is 1.99. The smallest absolute Gasteiger partial charge is 0.320 e. The van der Waals surface area contributed by atoms with Crippen molar-refractivity contribution in [3.63, 3.8) is 0 Å². The van der Waals surface area contributed by atoms with E-state index in [1.807, 2.05) is 0 Å². The van der Waals surface area contributed by atoms with Gasteiger partial charge in [0.15, 0.2) is 0 Å². The molecular formula is C7H15NO4S. The minimum Gasteiger partial charge on any atom is -0.480 e. The van der Waals surface area contributed by atoms with Crippen molar-refractivity contribution in [1.29, 1.82) is 0 Å². The Labute approximate surface area is 77.8 Å². The van der Waals surface area contributed by atoms with Crippen LogP contribution in [0.15, 0.2) is 0 Å². The summed E-state index contributed by atoms with van der Waals surface area (Å²) in [5.74, 6) is -0.978. The molecule has 78 valence electrons. The first-order valence-electron chi connectivity index (χ1n) is 4.08. The molecule has 0 fully saturated rings. The second-order valence-corrected chi connectivity index (χ2v) is 5.30. The summed E-state index contributed by atoms with van der Waals surface area (Å²) in [6.45, 7) is 1.56. The fourth-order valence-electron chi connectivity index (χ4n) is 0.791. The molecule has 6 heteroatoms. The lowest BCUT2D eigenvalue weighted by atomic mass is 10.2. The molecule has 0 saturated carbocycles. The Hall–Kier alpha value is -0.620. The molecule has 0 aromatic heterocycles. The SMILES string of the molecule is CCS(=O)(=O)CCC[C@H](N)C(=O)O. The van der Waals surface area contributed by atoms with Crippen molar-refractivity contribution in [2.75, 3.05) is 11.5 Å². The standard InChI is InChI=1S/C7H15NO4S/c1-2-13(11,12)5-3-4-6(8)7(9)10/h6H,2-5,8H2,1H3,(H,9,10)/t6-/m0/s1. The monoisotopic (exact) mass is 209 g/mol. The van der Waals surface area contributed by atoms with Crippen molar-refractivity contribution >= 4 is 15.8 Å². The highest BCUT2D eigenvalue weighted by atomic mass is 32.2. The largest absolute Gasteiger partial charge is 0.480 e. The van der Waals surface area contributed by atoms with Crippen LogP contribution in [0.2, 0.25) is 0 Å². The number of carboxylic acids is 1. The van der Waals surface area contributed by atoms with Crippen LogP contribution in [0.4, 0.5) is 0 Å². The molecule has 5 nitrogen and oxygen atoms in total. The van der Waals surface area contributed by atoms with E-state index in [1.165, 1.54) is 0 Å². The molecule has 0 heterocycles. The van der Waals surface area contributed by atoms with Gasteiger partial charge in [0, 0.05) is 5.75 Å². The molecular weight excluding hydrogens is 194 g/mol. The molecule has 0 aliphatic carbocycles. The predicted octanol–water partition coefficient (Wildman–Crippen LogP) is -0.387. The summed E-state index contributed by atoms with van der Waals surface area (Å²) in [5.41, 5.74) is 5.19. The van der Waals surface area contributed by atoms with E-state index in [2.05, 4.69) is 0 Å². The number of sulfone groups is 1. The fraction of sp³-hybridized carbons (Fsp3) is 0.857. The normalized spacial score (nSPS) is 14.0. The molecule has 0 aromatic carbocycles. The third-order valence-corrected chi connectivity index (χ3v) is 3.52. The second-order valence-electron chi connectivity index (χ2n) is 2.82. The number of hydrogen-bond acceptors (Lipinski definition) is 4. The van der Waals surface area contributed by atoms with Crippen LogP contribution in [-0.4, -0.2) is 37.0 Å². The zero-order valence-electron chi connectivity index (χ0n) is 7.56. The summed E-state index contributed by atoms with van der Waals surface area (Å²) in [6, 6.07) is -0.952. The summed E-state index contributed by atoms with van der Waals surface area (Å²) < 4.78 is 21.9. The Balaban J connectivity index is 3.75. The zero-order valence-corrected chi connectivity index (χ0v) is 8.38. The summed E-state index contributed by atoms with van der Waals surface area (Å²) in [4.78, 5) is 10.2. The van der Waals surface area contributed by atoms with Crippen molar-refractivity contribution < 1.29 is 18.3 Å². The van der Waals surface area contributed by atoms with Gasteiger partial charge in [-0.1, -0.05) is 6.92 Å². The minimum absolute atomic E-state index is 0.0183. The quantitative estimate of drug-likeness (QED) is 0.621. The zero-order chi connectivity index (χ0) is 10.5. The lowest BCUT2D eigenvalue weighted by molar-refractivity contribution is -0.138. The van der Waals surface area contributed by atoms with Crippen molar-refractivity contribution in [3.8, 4) is 0 Å². The summed E-state index contributed by atoms with van der Waals surface area (Å²) >= 11 is 0. The number of nitrogens with two attached hydrogens (primary N) is 1. The summed E-state index contributed by atoms with van der Waals surface area (Å²) in [5, 5.41) is 8.39. The van der Waals surface area contributed by atoms with E-state index in [9.17, 15) is 13.2 Å². The van der Waals surface area contributed by atoms with Gasteiger partial charge in [0.1, 0.15) is 15.9 Å². The van der Waals surface area contributed by atoms with Gasteiger partial charge in [-0.2, -0.15) is 0 Å². The predicted molar refractivity (Wildman–Crippen MR) is 49.2 cm³/mol. The molecule has 0 radical (unpaired) electrons. The van der Waals surface area contributed by atoms with Crippen molar-refractivity contribution in [1.82, 2.24) is 0 Å². The molecule has 0 aliphatic rings. The first-order chi connectivity index (χ1) is 5.89. The lowest BCUT2D eigenvalue weighted by Gasteiger charge is -2.05. The van der Waals surface area contributed by atoms with Gasteiger partial charge in [0.25, 0.3) is 0 Å². The van der Waals surface area contributed by atoms with Crippen LogP contribution in [0.1, 0.15) is 19.8 Å². The Kier molecular flexibility index (Phi) is 4.94. The van der Waals surface area contributed by atoms with E-state index in [0.717, 1.165) is 0 Å². The molecule has 13 heavy (non-hydrogen) atoms. The van der Waals surface area contributed by atoms with Crippen molar-refractivity contribution in [2.45, 2.75) is 25.8 Å². The second kappa shape index (κ2) is 5.18. The van der Waals surface area contributed by atoms with Gasteiger partial charge in [-0.25, -0.2) is 8.42 Å². The van der Waals surface area contributed by atoms with E-state index in [0.29, 0.717) is 6.42 Å². The first kappa shape index (κ1) is 12.4. The molecule has 0 aliphatic heterocycles. The van der Waals surface area contributed by atoms with E-state index in [1.54, 1.807) is 6.92 Å². The fourth-order valence-corrected chi connectivity index (χ4v) is 1.69. The van der Waals surface area contributed by atoms with Gasteiger partial charge in [-0.3, -0.25) is 4.79 Å². The maximum Gasteiger partial charge on any atom is 0.320 e. The summed E-state index contributed by atoms with van der Waals surface area (Å²) in [7, 11) is -2.99.